The van der Waals surface area contributed by atoms with Gasteiger partial charge in [-0.3, -0.25) is 28.9 Å². The topological polar surface area (TPSA) is 270 Å². The van der Waals surface area contributed by atoms with Gasteiger partial charge in [0, 0.05) is 45.2 Å². The average molecular weight is 1160 g/mol. The second kappa shape index (κ2) is 28.3. The Morgan fingerprint density at radius 2 is 1.22 bits per heavy atom. The van der Waals surface area contributed by atoms with Crippen molar-refractivity contribution < 1.29 is 48.5 Å². The number of aromatic nitrogens is 3. The fourth-order valence-electron chi connectivity index (χ4n) is 10.4. The van der Waals surface area contributed by atoms with Gasteiger partial charge in [0.2, 0.25) is 23.6 Å². The quantitative estimate of drug-likeness (QED) is 0.0273. The number of piperazine rings is 1. The molecule has 2 aliphatic rings. The van der Waals surface area contributed by atoms with E-state index in [1.165, 1.54) is 10.6 Å². The summed E-state index contributed by atoms with van der Waals surface area (Å²) >= 11 is 0. The van der Waals surface area contributed by atoms with Crippen LogP contribution in [-0.4, -0.2) is 133 Å². The Labute approximate surface area is 495 Å². The molecule has 6 aromatic rings. The van der Waals surface area contributed by atoms with Crippen molar-refractivity contribution in [2.45, 2.75) is 129 Å². The summed E-state index contributed by atoms with van der Waals surface area (Å²) in [5.74, 6) is -2.15. The Hall–Kier alpha value is -8.62. The van der Waals surface area contributed by atoms with E-state index < -0.39 is 65.2 Å². The van der Waals surface area contributed by atoms with Crippen LogP contribution in [0.3, 0.4) is 0 Å². The Morgan fingerprint density at radius 1 is 0.659 bits per heavy atom. The predicted octanol–water partition coefficient (Wildman–Crippen LogP) is 6.89. The monoisotopic (exact) mass is 1160 g/mol. The number of aromatic hydroxyl groups is 2. The Bertz CT molecular complexity index is 3330. The number of nitrogens with zero attached hydrogens (tertiary/aromatic N) is 4. The number of carbonyl (C=O) groups is 6. The lowest BCUT2D eigenvalue weighted by Gasteiger charge is -2.34. The van der Waals surface area contributed by atoms with Crippen molar-refractivity contribution in [3.63, 3.8) is 0 Å². The summed E-state index contributed by atoms with van der Waals surface area (Å²) in [5.41, 5.74) is 3.30. The van der Waals surface area contributed by atoms with E-state index in [4.69, 9.17) is 9.47 Å². The largest absolute Gasteiger partial charge is 0.508 e. The second-order valence-electron chi connectivity index (χ2n) is 23.5. The molecule has 0 saturated carbocycles. The Morgan fingerprint density at radius 3 is 1.84 bits per heavy atom. The molecule has 2 saturated heterocycles. The smallest absolute Gasteiger partial charge is 0.415 e. The number of H-pyrrole nitrogens is 1. The first-order valence-electron chi connectivity index (χ1n) is 29.2. The van der Waals surface area contributed by atoms with Gasteiger partial charge in [0.15, 0.2) is 11.6 Å². The standard InChI is InChI=1S/C65H79N9O11/c1-40(2)32-52(58(78)65(7)39-84-65)67-62(81)54(34-44-16-12-9-13-17-44)69-61(80)53(33-41(3)4)68-60(79)51(27-22-43-14-10-8-11-15-43)66-57(77)35-45-20-25-48(26-21-45)85-64(83)73-30-28-72(29-31-73)38-46-18-23-47(24-19-46)74-59(70-71-63(74)82)50-36-49(42(5)6)55(75)37-56(50)76/h8-21,23-26,36-37,40-42,51-54,75-76H,22,27-35,38-39H2,1-7H3,(H,66,77)(H,67,81)(H,68,79)(H,69,80)(H,71,82)/t51-,52-,53-,54-,65+/m0/s1. The molecule has 20 heteroatoms. The lowest BCUT2D eigenvalue weighted by atomic mass is 9.93. The van der Waals surface area contributed by atoms with E-state index in [1.807, 2.05) is 114 Å². The van der Waals surface area contributed by atoms with Gasteiger partial charge in [0.25, 0.3) is 0 Å². The van der Waals surface area contributed by atoms with Crippen LogP contribution in [0.25, 0.3) is 17.1 Å². The van der Waals surface area contributed by atoms with Crippen molar-refractivity contribution in [2.24, 2.45) is 11.8 Å². The molecule has 5 aromatic carbocycles. The number of phenolic OH excluding ortho intramolecular Hbond substituents is 2. The number of hydrogen-bond acceptors (Lipinski definition) is 13. The molecule has 7 N–H and O–H groups in total. The number of benzene rings is 5. The number of epoxide rings is 1. The summed E-state index contributed by atoms with van der Waals surface area (Å²) in [6.45, 7) is 16.1. The van der Waals surface area contributed by atoms with Crippen molar-refractivity contribution in [2.75, 3.05) is 32.8 Å². The summed E-state index contributed by atoms with van der Waals surface area (Å²) in [6.07, 6.45) is 0.774. The summed E-state index contributed by atoms with van der Waals surface area (Å²) < 4.78 is 12.6. The van der Waals surface area contributed by atoms with E-state index in [1.54, 1.807) is 54.3 Å². The molecule has 85 heavy (non-hydrogen) atoms. The number of aryl methyl sites for hydroxylation is 1. The minimum atomic E-state index is -1.10. The molecule has 0 spiro atoms. The van der Waals surface area contributed by atoms with E-state index in [9.17, 15) is 43.8 Å². The van der Waals surface area contributed by atoms with E-state index in [2.05, 4.69) is 36.4 Å². The van der Waals surface area contributed by atoms with Crippen LogP contribution < -0.4 is 31.7 Å². The number of ether oxygens (including phenoxy) is 2. The summed E-state index contributed by atoms with van der Waals surface area (Å²) in [5, 5.41) is 39.4. The van der Waals surface area contributed by atoms with Gasteiger partial charge in [-0.1, -0.05) is 126 Å². The van der Waals surface area contributed by atoms with Crippen molar-refractivity contribution in [1.29, 1.82) is 0 Å². The summed E-state index contributed by atoms with van der Waals surface area (Å²) in [7, 11) is 0. The highest BCUT2D eigenvalue weighted by Gasteiger charge is 2.50. The van der Waals surface area contributed by atoms with Crippen molar-refractivity contribution in [3.05, 3.63) is 160 Å². The number of aromatic amines is 1. The SMILES string of the molecule is CC(C)C[C@H](NC(=O)[C@H](CCc1ccccc1)NC(=O)Cc1ccc(OC(=O)N2CCN(Cc3ccc(-n4c(-c5cc(C(C)C)c(O)cc5O)n[nH]c4=O)cc3)CC2)cc1)C(=O)N[C@@H](Cc1ccccc1)C(=O)N[C@@H](CC(C)C)C(=O)[C@@]1(C)CO1. The molecular formula is C65H79N9O11. The third-order valence-corrected chi connectivity index (χ3v) is 15.3. The molecule has 1 aromatic heterocycles. The minimum Gasteiger partial charge on any atom is -0.508 e. The van der Waals surface area contributed by atoms with Crippen LogP contribution in [0.2, 0.25) is 0 Å². The highest BCUT2D eigenvalue weighted by molar-refractivity contribution is 5.99. The third kappa shape index (κ3) is 17.0. The lowest BCUT2D eigenvalue weighted by molar-refractivity contribution is -0.135. The van der Waals surface area contributed by atoms with Gasteiger partial charge in [-0.05, 0) is 109 Å². The number of nitrogens with one attached hydrogen (secondary N) is 5. The first kappa shape index (κ1) is 62.4. The minimum absolute atomic E-state index is 0.0408. The van der Waals surface area contributed by atoms with Gasteiger partial charge >= 0.3 is 11.8 Å². The average Bonchev–Trinajstić information content (AvgIpc) is 2.33. The van der Waals surface area contributed by atoms with E-state index in [0.717, 1.165) is 16.7 Å². The van der Waals surface area contributed by atoms with Gasteiger partial charge in [0.05, 0.1) is 30.3 Å². The van der Waals surface area contributed by atoms with Crippen LogP contribution in [-0.2, 0) is 54.5 Å². The van der Waals surface area contributed by atoms with E-state index in [0.29, 0.717) is 73.7 Å². The maximum Gasteiger partial charge on any atom is 0.415 e. The molecule has 3 heterocycles. The van der Waals surface area contributed by atoms with E-state index >= 15 is 0 Å². The highest BCUT2D eigenvalue weighted by atomic mass is 16.6. The molecule has 2 fully saturated rings. The Balaban J connectivity index is 0.854. The highest BCUT2D eigenvalue weighted by Crippen LogP contribution is 2.37. The fourth-order valence-corrected chi connectivity index (χ4v) is 10.4. The first-order chi connectivity index (χ1) is 40.6. The molecule has 2 aliphatic heterocycles. The number of rotatable bonds is 26. The van der Waals surface area contributed by atoms with Crippen LogP contribution >= 0.6 is 0 Å². The van der Waals surface area contributed by atoms with Crippen LogP contribution in [0.5, 0.6) is 17.2 Å². The number of hydrogen-bond donors (Lipinski definition) is 7. The molecule has 5 amide bonds. The van der Waals surface area contributed by atoms with Gasteiger partial charge in [0.1, 0.15) is 41.0 Å². The molecular weight excluding hydrogens is 1080 g/mol. The third-order valence-electron chi connectivity index (χ3n) is 15.3. The van der Waals surface area contributed by atoms with Crippen LogP contribution in [0.15, 0.2) is 126 Å². The first-order valence-corrected chi connectivity index (χ1v) is 29.2. The summed E-state index contributed by atoms with van der Waals surface area (Å²) in [6, 6.07) is 31.6. The maximum atomic E-state index is 14.4. The molecule has 8 rings (SSSR count). The van der Waals surface area contributed by atoms with Crippen molar-refractivity contribution in [3.8, 4) is 34.3 Å². The number of Topliss-reactive ketones (excluding diaryl/α,β-unsaturated/α-hetero) is 1. The molecule has 20 nitrogen and oxygen atoms in total. The zero-order valence-corrected chi connectivity index (χ0v) is 49.4. The van der Waals surface area contributed by atoms with Gasteiger partial charge in [-0.15, -0.1) is 0 Å². The summed E-state index contributed by atoms with van der Waals surface area (Å²) in [4.78, 5) is 100. The van der Waals surface area contributed by atoms with Crippen LogP contribution in [0.4, 0.5) is 4.79 Å². The molecule has 0 radical (unpaired) electrons. The number of ketones is 1. The molecule has 0 aliphatic carbocycles. The molecule has 0 bridgehead atoms. The number of carbonyl (C=O) groups excluding carboxylic acids is 6. The lowest BCUT2D eigenvalue weighted by Crippen LogP contribution is -2.59. The Kier molecular flexibility index (Phi) is 20.8. The fraction of sp³-hybridized carbons (Fsp3) is 0.415. The van der Waals surface area contributed by atoms with Crippen molar-refractivity contribution >= 4 is 35.5 Å². The molecule has 5 atom stereocenters. The van der Waals surface area contributed by atoms with E-state index in [-0.39, 0.29) is 73.2 Å². The predicted molar refractivity (Wildman–Crippen MR) is 321 cm³/mol. The van der Waals surface area contributed by atoms with Crippen LogP contribution in [0, 0.1) is 11.8 Å². The van der Waals surface area contributed by atoms with Crippen molar-refractivity contribution in [1.82, 2.24) is 45.8 Å². The number of amides is 5. The molecule has 0 unspecified atom stereocenters. The van der Waals surface area contributed by atoms with Gasteiger partial charge < -0.3 is 45.9 Å². The zero-order valence-electron chi connectivity index (χ0n) is 49.4. The van der Waals surface area contributed by atoms with Gasteiger partial charge in [-0.2, -0.15) is 5.10 Å². The maximum absolute atomic E-state index is 14.4. The van der Waals surface area contributed by atoms with Gasteiger partial charge in [-0.25, -0.2) is 19.3 Å². The normalized spacial score (nSPS) is 16.5. The number of phenols is 2. The molecule has 450 valence electrons. The van der Waals surface area contributed by atoms with Crippen LogP contribution in [0.1, 0.15) is 101 Å². The second-order valence-corrected chi connectivity index (χ2v) is 23.5. The zero-order chi connectivity index (χ0) is 61.0.